The number of phenolic OH excluding ortho intramolecular Hbond substituents is 1. The van der Waals surface area contributed by atoms with Crippen molar-refractivity contribution >= 4 is 46.5 Å². The molecule has 2 aromatic heterocycles. The summed E-state index contributed by atoms with van der Waals surface area (Å²) >= 11 is 1.27. The summed E-state index contributed by atoms with van der Waals surface area (Å²) in [5, 5.41) is 23.9. The molecule has 5 rings (SSSR count). The van der Waals surface area contributed by atoms with Crippen LogP contribution < -0.4 is 16.1 Å². The largest absolute Gasteiger partial charge is 0.508 e. The number of pyridine rings is 2. The van der Waals surface area contributed by atoms with Gasteiger partial charge in [0.1, 0.15) is 40.3 Å². The second kappa shape index (κ2) is 9.17. The van der Waals surface area contributed by atoms with Gasteiger partial charge in [0.15, 0.2) is 0 Å². The Balaban J connectivity index is 1.41. The number of aromatic amines is 1. The Kier molecular flexibility index (Phi) is 6.10. The number of aliphatic carboxylic acids is 1. The number of carbonyl (C=O) groups is 4. The number of H-pyrrole nitrogens is 1. The van der Waals surface area contributed by atoms with Crippen molar-refractivity contribution < 1.29 is 29.4 Å². The van der Waals surface area contributed by atoms with Crippen LogP contribution in [0.4, 0.5) is 0 Å². The molecule has 12 nitrogen and oxygen atoms in total. The molecule has 5 N–H and O–H groups in total. The fraction of sp³-hybridized carbons (Fsp3) is 0.280. The lowest BCUT2D eigenvalue weighted by Crippen LogP contribution is -2.71. The summed E-state index contributed by atoms with van der Waals surface area (Å²) in [7, 11) is 0. The Morgan fingerprint density at radius 3 is 2.55 bits per heavy atom. The summed E-state index contributed by atoms with van der Waals surface area (Å²) in [5.41, 5.74) is -0.117. The maximum atomic E-state index is 13.4. The van der Waals surface area contributed by atoms with Gasteiger partial charge < -0.3 is 30.7 Å². The zero-order chi connectivity index (χ0) is 27.4. The number of amides is 3. The molecule has 2 aliphatic heterocycles. The molecule has 2 unspecified atom stereocenters. The number of thioether (sulfide) groups is 1. The number of rotatable bonds is 6. The molecule has 1 aromatic carbocycles. The summed E-state index contributed by atoms with van der Waals surface area (Å²) in [4.78, 5) is 72.2. The van der Waals surface area contributed by atoms with Gasteiger partial charge in [-0.25, -0.2) is 4.79 Å². The Morgan fingerprint density at radius 2 is 1.87 bits per heavy atom. The Bertz CT molecular complexity index is 1540. The molecule has 196 valence electrons. The Labute approximate surface area is 219 Å². The van der Waals surface area contributed by atoms with Gasteiger partial charge in [0.25, 0.3) is 5.91 Å². The highest BCUT2D eigenvalue weighted by Crippen LogP contribution is 2.50. The summed E-state index contributed by atoms with van der Waals surface area (Å²) in [6.45, 7) is 3.44. The van der Waals surface area contributed by atoms with Crippen LogP contribution in [0.15, 0.2) is 53.6 Å². The number of phenols is 1. The number of fused-ring (bicyclic) bond motifs is 2. The molecule has 0 radical (unpaired) electrons. The number of benzene rings is 1. The second-order valence-electron chi connectivity index (χ2n) is 9.51. The SMILES string of the molecule is CC1(C)S[C@@H]2C(NC(=O)C(NC(=O)c3c[nH]c4cccnc4c3=O)c3ccc(O)cc3)C(=O)N2[C@H]1C(=O)O. The van der Waals surface area contributed by atoms with E-state index in [4.69, 9.17) is 0 Å². The van der Waals surface area contributed by atoms with Crippen LogP contribution in [0, 0.1) is 0 Å². The van der Waals surface area contributed by atoms with E-state index in [1.54, 1.807) is 26.0 Å². The topological polar surface area (TPSA) is 182 Å². The number of nitrogens with one attached hydrogen (secondary N) is 3. The monoisotopic (exact) mass is 537 g/mol. The van der Waals surface area contributed by atoms with Gasteiger partial charge in [0.2, 0.25) is 17.2 Å². The van der Waals surface area contributed by atoms with Gasteiger partial charge in [0.05, 0.1) is 5.52 Å². The van der Waals surface area contributed by atoms with E-state index in [2.05, 4.69) is 20.6 Å². The molecular weight excluding hydrogens is 514 g/mol. The molecule has 3 aromatic rings. The first-order chi connectivity index (χ1) is 18.0. The van der Waals surface area contributed by atoms with Crippen molar-refractivity contribution in [3.8, 4) is 5.75 Å². The van der Waals surface area contributed by atoms with Gasteiger partial charge in [-0.3, -0.25) is 24.2 Å². The predicted molar refractivity (Wildman–Crippen MR) is 136 cm³/mol. The first-order valence-electron chi connectivity index (χ1n) is 11.6. The number of carboxylic acid groups (broad SMARTS) is 1. The van der Waals surface area contributed by atoms with Gasteiger partial charge in [-0.2, -0.15) is 0 Å². The highest BCUT2D eigenvalue weighted by molar-refractivity contribution is 8.01. The van der Waals surface area contributed by atoms with Gasteiger partial charge in [0, 0.05) is 17.1 Å². The third kappa shape index (κ3) is 4.14. The van der Waals surface area contributed by atoms with Crippen LogP contribution in [-0.4, -0.2) is 71.0 Å². The van der Waals surface area contributed by atoms with E-state index in [0.717, 1.165) is 0 Å². The summed E-state index contributed by atoms with van der Waals surface area (Å²) in [6, 6.07) is 5.40. The third-order valence-electron chi connectivity index (χ3n) is 6.62. The minimum Gasteiger partial charge on any atom is -0.508 e. The lowest BCUT2D eigenvalue weighted by molar-refractivity contribution is -0.161. The van der Waals surface area contributed by atoms with Gasteiger partial charge in [-0.15, -0.1) is 11.8 Å². The first kappa shape index (κ1) is 25.3. The molecule has 2 aliphatic rings. The quantitative estimate of drug-likeness (QED) is 0.283. The highest BCUT2D eigenvalue weighted by atomic mass is 32.2. The normalized spacial score (nSPS) is 22.3. The van der Waals surface area contributed by atoms with Crippen molar-refractivity contribution in [2.24, 2.45) is 0 Å². The van der Waals surface area contributed by atoms with Crippen LogP contribution in [0.1, 0.15) is 35.8 Å². The van der Waals surface area contributed by atoms with Crippen molar-refractivity contribution in [2.45, 2.75) is 42.1 Å². The minimum absolute atomic E-state index is 0.0554. The van der Waals surface area contributed by atoms with E-state index in [1.807, 2.05) is 0 Å². The molecular formula is C25H23N5O7S. The zero-order valence-corrected chi connectivity index (χ0v) is 21.0. The van der Waals surface area contributed by atoms with Crippen LogP contribution in [0.2, 0.25) is 0 Å². The predicted octanol–water partition coefficient (Wildman–Crippen LogP) is 0.731. The average molecular weight is 538 g/mol. The van der Waals surface area contributed by atoms with Crippen LogP contribution in [0.25, 0.3) is 11.0 Å². The van der Waals surface area contributed by atoms with E-state index >= 15 is 0 Å². The molecule has 13 heteroatoms. The zero-order valence-electron chi connectivity index (χ0n) is 20.2. The fourth-order valence-electron chi connectivity index (χ4n) is 4.77. The van der Waals surface area contributed by atoms with Gasteiger partial charge >= 0.3 is 5.97 Å². The molecule has 3 amide bonds. The van der Waals surface area contributed by atoms with Crippen LogP contribution >= 0.6 is 11.8 Å². The summed E-state index contributed by atoms with van der Waals surface area (Å²) in [5.74, 6) is -3.33. The standard InChI is InChI=1S/C25H23N5O7S/c1-25(2)19(24(36)37)30-22(35)17(23(30)38-25)29-21(34)15(11-5-7-12(31)8-6-11)28-20(33)13-10-27-14-4-3-9-26-16(14)18(13)32/h3-10,15,17,19,23,31H,1-2H3,(H,27,32)(H,28,33)(H,29,34)(H,36,37)/t15?,17?,19-,23+/m0/s1. The molecule has 0 aliphatic carbocycles. The summed E-state index contributed by atoms with van der Waals surface area (Å²) in [6.07, 6.45) is 2.65. The maximum Gasteiger partial charge on any atom is 0.327 e. The highest BCUT2D eigenvalue weighted by Gasteiger charge is 2.64. The van der Waals surface area contributed by atoms with Crippen LogP contribution in [0.3, 0.4) is 0 Å². The number of hydrogen-bond donors (Lipinski definition) is 5. The lowest BCUT2D eigenvalue weighted by atomic mass is 9.95. The first-order valence-corrected chi connectivity index (χ1v) is 12.5. The van der Waals surface area contributed by atoms with Gasteiger partial charge in [-0.05, 0) is 43.7 Å². The number of carboxylic acids is 1. The van der Waals surface area contributed by atoms with Crippen molar-refractivity contribution in [1.29, 1.82) is 0 Å². The second-order valence-corrected chi connectivity index (χ2v) is 11.3. The van der Waals surface area contributed by atoms with E-state index in [9.17, 15) is 34.2 Å². The van der Waals surface area contributed by atoms with Crippen molar-refractivity contribution in [3.63, 3.8) is 0 Å². The molecule has 4 atom stereocenters. The van der Waals surface area contributed by atoms with Crippen LogP contribution in [-0.2, 0) is 14.4 Å². The third-order valence-corrected chi connectivity index (χ3v) is 8.19. The number of β-lactam (4-membered cyclic amide) rings is 1. The van der Waals surface area contributed by atoms with E-state index in [-0.39, 0.29) is 22.4 Å². The molecule has 0 saturated carbocycles. The van der Waals surface area contributed by atoms with Crippen LogP contribution in [0.5, 0.6) is 5.75 Å². The van der Waals surface area contributed by atoms with Crippen molar-refractivity contribution in [1.82, 2.24) is 25.5 Å². The van der Waals surface area contributed by atoms with E-state index in [0.29, 0.717) is 5.52 Å². The number of carbonyl (C=O) groups excluding carboxylic acids is 3. The Hall–Kier alpha value is -4.39. The number of nitrogens with zero attached hydrogens (tertiary/aromatic N) is 2. The average Bonchev–Trinajstić information content (AvgIpc) is 3.14. The molecule has 0 spiro atoms. The molecule has 38 heavy (non-hydrogen) atoms. The minimum atomic E-state index is -1.33. The fourth-order valence-corrected chi connectivity index (χ4v) is 6.40. The number of aromatic hydroxyl groups is 1. The molecule has 2 saturated heterocycles. The molecule has 2 fully saturated rings. The lowest BCUT2D eigenvalue weighted by Gasteiger charge is -2.44. The van der Waals surface area contributed by atoms with E-state index < -0.39 is 57.4 Å². The smallest absolute Gasteiger partial charge is 0.327 e. The van der Waals surface area contributed by atoms with Crippen molar-refractivity contribution in [3.05, 3.63) is 70.1 Å². The summed E-state index contributed by atoms with van der Waals surface area (Å²) < 4.78 is -0.776. The molecule has 0 bridgehead atoms. The van der Waals surface area contributed by atoms with E-state index in [1.165, 1.54) is 53.3 Å². The number of aromatic nitrogens is 2. The van der Waals surface area contributed by atoms with Gasteiger partial charge in [-0.1, -0.05) is 12.1 Å². The number of hydrogen-bond acceptors (Lipinski definition) is 8. The van der Waals surface area contributed by atoms with Crippen molar-refractivity contribution in [2.75, 3.05) is 0 Å². The maximum absolute atomic E-state index is 13.4. The Morgan fingerprint density at radius 1 is 1.16 bits per heavy atom. The molecule has 4 heterocycles.